The van der Waals surface area contributed by atoms with Gasteiger partial charge < -0.3 is 5.11 Å². The van der Waals surface area contributed by atoms with Crippen LogP contribution in [0.25, 0.3) is 11.0 Å². The van der Waals surface area contributed by atoms with Gasteiger partial charge in [0.1, 0.15) is 6.33 Å². The first-order valence-electron chi connectivity index (χ1n) is 5.90. The van der Waals surface area contributed by atoms with Crippen molar-refractivity contribution in [3.63, 3.8) is 0 Å². The number of benzene rings is 1. The van der Waals surface area contributed by atoms with Crippen molar-refractivity contribution >= 4 is 40.2 Å². The molecule has 0 aliphatic heterocycles. The lowest BCUT2D eigenvalue weighted by Gasteiger charge is -2.07. The van der Waals surface area contributed by atoms with Crippen LogP contribution in [0.2, 0.25) is 10.0 Å². The fourth-order valence-electron chi connectivity index (χ4n) is 2.02. The predicted octanol–water partition coefficient (Wildman–Crippen LogP) is 2.88. The Morgan fingerprint density at radius 3 is 2.67 bits per heavy atom. The number of carbonyl (C=O) groups is 1. The third-order valence-electron chi connectivity index (χ3n) is 2.98. The third kappa shape index (κ3) is 2.43. The molecule has 0 saturated carbocycles. The van der Waals surface area contributed by atoms with E-state index in [1.807, 2.05) is 0 Å². The first-order valence-corrected chi connectivity index (χ1v) is 6.66. The quantitative estimate of drug-likeness (QED) is 0.801. The molecule has 0 amide bonds. The van der Waals surface area contributed by atoms with Gasteiger partial charge in [-0.1, -0.05) is 29.3 Å². The average Bonchev–Trinajstić information content (AvgIpc) is 2.82. The first-order chi connectivity index (χ1) is 10.1. The van der Waals surface area contributed by atoms with E-state index in [0.29, 0.717) is 26.6 Å². The number of rotatable bonds is 3. The summed E-state index contributed by atoms with van der Waals surface area (Å²) in [5, 5.41) is 14.6. The number of halogens is 2. The summed E-state index contributed by atoms with van der Waals surface area (Å²) in [5.74, 6) is -1.14. The SMILES string of the molecule is O=C(O)c1nn(Cc2c(Cl)cccc2Cl)c2ncncc12. The number of fused-ring (bicyclic) bond motifs is 1. The molecule has 0 bridgehead atoms. The van der Waals surface area contributed by atoms with Gasteiger partial charge in [0.2, 0.25) is 0 Å². The predicted molar refractivity (Wildman–Crippen MR) is 77.8 cm³/mol. The van der Waals surface area contributed by atoms with Crippen molar-refractivity contribution in [2.45, 2.75) is 6.54 Å². The highest BCUT2D eigenvalue weighted by atomic mass is 35.5. The van der Waals surface area contributed by atoms with E-state index < -0.39 is 5.97 Å². The Hall–Kier alpha value is -2.18. The Labute approximate surface area is 129 Å². The van der Waals surface area contributed by atoms with E-state index in [2.05, 4.69) is 15.1 Å². The van der Waals surface area contributed by atoms with Crippen LogP contribution < -0.4 is 0 Å². The summed E-state index contributed by atoms with van der Waals surface area (Å²) < 4.78 is 1.45. The van der Waals surface area contributed by atoms with Crippen LogP contribution in [0.5, 0.6) is 0 Å². The largest absolute Gasteiger partial charge is 0.476 e. The van der Waals surface area contributed by atoms with Crippen LogP contribution in [0.4, 0.5) is 0 Å². The maximum Gasteiger partial charge on any atom is 0.357 e. The van der Waals surface area contributed by atoms with Crippen molar-refractivity contribution in [2.75, 3.05) is 0 Å². The standard InChI is InChI=1S/C13H8Cl2N4O2/c14-9-2-1-3-10(15)8(9)5-19-12-7(4-16-6-17-12)11(18-19)13(20)21/h1-4,6H,5H2,(H,20,21). The number of nitrogens with zero attached hydrogens (tertiary/aromatic N) is 4. The van der Waals surface area contributed by atoms with E-state index >= 15 is 0 Å². The average molecular weight is 323 g/mol. The molecule has 21 heavy (non-hydrogen) atoms. The van der Waals surface area contributed by atoms with Gasteiger partial charge in [-0.25, -0.2) is 19.4 Å². The number of carboxylic acids is 1. The van der Waals surface area contributed by atoms with E-state index in [9.17, 15) is 9.90 Å². The monoisotopic (exact) mass is 322 g/mol. The number of hydrogen-bond donors (Lipinski definition) is 1. The number of carboxylic acid groups (broad SMARTS) is 1. The van der Waals surface area contributed by atoms with Crippen LogP contribution in [0.3, 0.4) is 0 Å². The van der Waals surface area contributed by atoms with Crippen molar-refractivity contribution in [2.24, 2.45) is 0 Å². The van der Waals surface area contributed by atoms with Gasteiger partial charge in [0.15, 0.2) is 11.3 Å². The molecule has 3 rings (SSSR count). The smallest absolute Gasteiger partial charge is 0.357 e. The second kappa shape index (κ2) is 5.31. The number of hydrogen-bond acceptors (Lipinski definition) is 4. The molecular weight excluding hydrogens is 315 g/mol. The summed E-state index contributed by atoms with van der Waals surface area (Å²) in [4.78, 5) is 19.1. The van der Waals surface area contributed by atoms with E-state index in [-0.39, 0.29) is 12.2 Å². The summed E-state index contributed by atoms with van der Waals surface area (Å²) in [6, 6.07) is 5.16. The molecule has 8 heteroatoms. The molecule has 0 fully saturated rings. The number of aromatic carboxylic acids is 1. The Morgan fingerprint density at radius 2 is 2.00 bits per heavy atom. The van der Waals surface area contributed by atoms with Crippen molar-refractivity contribution < 1.29 is 9.90 Å². The second-order valence-electron chi connectivity index (χ2n) is 4.27. The molecular formula is C13H8Cl2N4O2. The molecule has 0 unspecified atom stereocenters. The maximum atomic E-state index is 11.2. The van der Waals surface area contributed by atoms with Crippen molar-refractivity contribution in [1.29, 1.82) is 0 Å². The van der Waals surface area contributed by atoms with E-state index in [0.717, 1.165) is 0 Å². The number of aromatic nitrogens is 4. The van der Waals surface area contributed by atoms with Gasteiger partial charge in [-0.05, 0) is 12.1 Å². The molecule has 1 N–H and O–H groups in total. The molecule has 2 heterocycles. The van der Waals surface area contributed by atoms with Crippen LogP contribution in [-0.2, 0) is 6.54 Å². The zero-order valence-electron chi connectivity index (χ0n) is 10.5. The lowest BCUT2D eigenvalue weighted by atomic mass is 10.2. The summed E-state index contributed by atoms with van der Waals surface area (Å²) in [7, 11) is 0. The van der Waals surface area contributed by atoms with Gasteiger partial charge in [-0.2, -0.15) is 5.10 Å². The van der Waals surface area contributed by atoms with Gasteiger partial charge in [0.25, 0.3) is 0 Å². The van der Waals surface area contributed by atoms with Crippen molar-refractivity contribution in [3.05, 3.63) is 52.0 Å². The van der Waals surface area contributed by atoms with Gasteiger partial charge in [0.05, 0.1) is 11.9 Å². The summed E-state index contributed by atoms with van der Waals surface area (Å²) in [5.41, 5.74) is 0.966. The molecule has 0 radical (unpaired) electrons. The minimum atomic E-state index is -1.14. The van der Waals surface area contributed by atoms with E-state index in [4.69, 9.17) is 23.2 Å². The highest BCUT2D eigenvalue weighted by Gasteiger charge is 2.18. The Bertz CT molecular complexity index is 827. The van der Waals surface area contributed by atoms with Crippen molar-refractivity contribution in [3.8, 4) is 0 Å². The fourth-order valence-corrected chi connectivity index (χ4v) is 2.54. The molecule has 3 aromatic rings. The molecule has 0 saturated heterocycles. The molecule has 1 aromatic carbocycles. The second-order valence-corrected chi connectivity index (χ2v) is 5.09. The van der Waals surface area contributed by atoms with Gasteiger partial charge in [-0.3, -0.25) is 0 Å². The Balaban J connectivity index is 2.15. The van der Waals surface area contributed by atoms with Gasteiger partial charge in [-0.15, -0.1) is 0 Å². The molecule has 0 aliphatic carbocycles. The van der Waals surface area contributed by atoms with Crippen LogP contribution in [-0.4, -0.2) is 30.8 Å². The lowest BCUT2D eigenvalue weighted by molar-refractivity contribution is 0.0691. The maximum absolute atomic E-state index is 11.2. The van der Waals surface area contributed by atoms with Gasteiger partial charge >= 0.3 is 5.97 Å². The summed E-state index contributed by atoms with van der Waals surface area (Å²) in [6.45, 7) is 0.222. The molecule has 0 atom stereocenters. The molecule has 0 aliphatic rings. The molecule has 6 nitrogen and oxygen atoms in total. The Morgan fingerprint density at radius 1 is 1.29 bits per heavy atom. The van der Waals surface area contributed by atoms with Crippen molar-refractivity contribution in [1.82, 2.24) is 19.7 Å². The van der Waals surface area contributed by atoms with Crippen LogP contribution in [0.15, 0.2) is 30.7 Å². The van der Waals surface area contributed by atoms with Crippen LogP contribution in [0.1, 0.15) is 16.1 Å². The highest BCUT2D eigenvalue weighted by molar-refractivity contribution is 6.36. The first kappa shape index (κ1) is 13.8. The topological polar surface area (TPSA) is 80.9 Å². The molecule has 0 spiro atoms. The Kier molecular flexibility index (Phi) is 3.48. The minimum Gasteiger partial charge on any atom is -0.476 e. The van der Waals surface area contributed by atoms with E-state index in [1.54, 1.807) is 18.2 Å². The minimum absolute atomic E-state index is 0.103. The zero-order valence-corrected chi connectivity index (χ0v) is 12.0. The van der Waals surface area contributed by atoms with Crippen LogP contribution >= 0.6 is 23.2 Å². The van der Waals surface area contributed by atoms with E-state index in [1.165, 1.54) is 17.2 Å². The summed E-state index contributed by atoms with van der Waals surface area (Å²) >= 11 is 12.3. The lowest BCUT2D eigenvalue weighted by Crippen LogP contribution is -2.06. The molecule has 106 valence electrons. The van der Waals surface area contributed by atoms with Crippen LogP contribution in [0, 0.1) is 0 Å². The normalized spacial score (nSPS) is 11.0. The highest BCUT2D eigenvalue weighted by Crippen LogP contribution is 2.26. The van der Waals surface area contributed by atoms with Gasteiger partial charge in [0, 0.05) is 21.8 Å². The molecule has 2 aromatic heterocycles. The summed E-state index contributed by atoms with van der Waals surface area (Å²) in [6.07, 6.45) is 2.75. The zero-order chi connectivity index (χ0) is 15.0. The third-order valence-corrected chi connectivity index (χ3v) is 3.69. The fraction of sp³-hybridized carbons (Fsp3) is 0.0769.